The Labute approximate surface area is 182 Å². The van der Waals surface area contributed by atoms with Crippen LogP contribution >= 0.6 is 0 Å². The number of hydrogen-bond donors (Lipinski definition) is 1. The van der Waals surface area contributed by atoms with Crippen LogP contribution in [0.3, 0.4) is 0 Å². The van der Waals surface area contributed by atoms with Crippen LogP contribution in [0, 0.1) is 6.92 Å². The van der Waals surface area contributed by atoms with Crippen LogP contribution in [0.25, 0.3) is 0 Å². The number of para-hydroxylation sites is 1. The number of nitrogens with zero attached hydrogens (tertiary/aromatic N) is 2. The van der Waals surface area contributed by atoms with Crippen LogP contribution in [0.5, 0.6) is 0 Å². The van der Waals surface area contributed by atoms with Crippen molar-refractivity contribution in [3.8, 4) is 0 Å². The molecule has 1 aliphatic heterocycles. The molecule has 1 saturated heterocycles. The Balaban J connectivity index is 1.85. The molecule has 2 aromatic carbocycles. The summed E-state index contributed by atoms with van der Waals surface area (Å²) >= 11 is 0. The fourth-order valence-corrected chi connectivity index (χ4v) is 4.69. The van der Waals surface area contributed by atoms with Crippen LogP contribution in [0.2, 0.25) is 0 Å². The zero-order valence-corrected chi connectivity index (χ0v) is 18.7. The zero-order valence-electron chi connectivity index (χ0n) is 17.9. The largest absolute Gasteiger partial charge is 0.378 e. The number of morpholine rings is 1. The first-order chi connectivity index (χ1) is 14.7. The van der Waals surface area contributed by atoms with E-state index in [1.165, 1.54) is 6.92 Å². The van der Waals surface area contributed by atoms with Gasteiger partial charge < -0.3 is 15.0 Å². The minimum absolute atomic E-state index is 0.203. The number of nitrogens with one attached hydrogen (secondary N) is 1. The summed E-state index contributed by atoms with van der Waals surface area (Å²) in [6.45, 7) is 5.26. The van der Waals surface area contributed by atoms with Gasteiger partial charge in [0.15, 0.2) is 0 Å². The molecule has 0 spiro atoms. The van der Waals surface area contributed by atoms with Crippen molar-refractivity contribution in [3.63, 3.8) is 0 Å². The molecule has 8 nitrogen and oxygen atoms in total. The molecule has 0 aromatic heterocycles. The Bertz CT molecular complexity index is 1060. The number of ether oxygens (including phenoxy) is 1. The fraction of sp³-hybridized carbons (Fsp3) is 0.364. The Kier molecular flexibility index (Phi) is 6.97. The number of amides is 2. The number of rotatable bonds is 6. The minimum Gasteiger partial charge on any atom is -0.378 e. The number of benzene rings is 2. The third kappa shape index (κ3) is 5.42. The highest BCUT2D eigenvalue weighted by atomic mass is 32.2. The maximum atomic E-state index is 13.0. The molecule has 2 amide bonds. The van der Waals surface area contributed by atoms with E-state index in [1.807, 2.05) is 13.0 Å². The second-order valence-electron chi connectivity index (χ2n) is 7.51. The van der Waals surface area contributed by atoms with E-state index >= 15 is 0 Å². The van der Waals surface area contributed by atoms with Gasteiger partial charge in [0.05, 0.1) is 36.4 Å². The average molecular weight is 446 g/mol. The molecule has 31 heavy (non-hydrogen) atoms. The lowest BCUT2D eigenvalue weighted by molar-refractivity contribution is -0.116. The van der Waals surface area contributed by atoms with Crippen LogP contribution in [0.1, 0.15) is 22.8 Å². The molecule has 166 valence electrons. The molecule has 0 aliphatic carbocycles. The second kappa shape index (κ2) is 9.49. The smallest absolute Gasteiger partial charge is 0.256 e. The molecular weight excluding hydrogens is 418 g/mol. The average Bonchev–Trinajstić information content (AvgIpc) is 2.73. The highest BCUT2D eigenvalue weighted by molar-refractivity contribution is 7.92. The van der Waals surface area contributed by atoms with E-state index in [2.05, 4.69) is 5.32 Å². The zero-order chi connectivity index (χ0) is 22.6. The fourth-order valence-electron chi connectivity index (χ4n) is 3.53. The Morgan fingerprint density at radius 2 is 1.77 bits per heavy atom. The number of hydrogen-bond acceptors (Lipinski definition) is 5. The summed E-state index contributed by atoms with van der Waals surface area (Å²) in [5, 5.41) is 2.74. The van der Waals surface area contributed by atoms with E-state index in [9.17, 15) is 18.0 Å². The monoisotopic (exact) mass is 445 g/mol. The summed E-state index contributed by atoms with van der Waals surface area (Å²) in [6, 6.07) is 12.6. The lowest BCUT2D eigenvalue weighted by Gasteiger charge is -2.29. The summed E-state index contributed by atoms with van der Waals surface area (Å²) in [7, 11) is -3.73. The first kappa shape index (κ1) is 22.8. The molecule has 9 heteroatoms. The molecule has 1 fully saturated rings. The molecule has 1 aliphatic rings. The van der Waals surface area contributed by atoms with Crippen LogP contribution in [-0.2, 0) is 19.6 Å². The standard InChI is InChI=1S/C22H27N3O5S/c1-16-7-6-8-18(15-16)25(31(3,28)29)17(2)21(26)23-20-10-5-4-9-19(20)22(27)24-11-13-30-14-12-24/h4-10,15,17H,11-14H2,1-3H3,(H,23,26)/t17-/m1/s1. The predicted octanol–water partition coefficient (Wildman–Crippen LogP) is 2.26. The normalized spacial score (nSPS) is 15.3. The number of aryl methyl sites for hydroxylation is 1. The Hall–Kier alpha value is -2.91. The van der Waals surface area contributed by atoms with Gasteiger partial charge in [0, 0.05) is 13.1 Å². The van der Waals surface area contributed by atoms with E-state index in [-0.39, 0.29) is 5.91 Å². The van der Waals surface area contributed by atoms with Gasteiger partial charge in [-0.3, -0.25) is 13.9 Å². The van der Waals surface area contributed by atoms with Gasteiger partial charge in [-0.15, -0.1) is 0 Å². The SMILES string of the molecule is Cc1cccc(N([C@H](C)C(=O)Nc2ccccc2C(=O)N2CCOCC2)S(C)(=O)=O)c1. The van der Waals surface area contributed by atoms with Gasteiger partial charge >= 0.3 is 0 Å². The molecule has 0 radical (unpaired) electrons. The summed E-state index contributed by atoms with van der Waals surface area (Å²) < 4.78 is 31.4. The second-order valence-corrected chi connectivity index (χ2v) is 9.37. The van der Waals surface area contributed by atoms with Gasteiger partial charge in [-0.05, 0) is 43.7 Å². The molecule has 2 aromatic rings. The summed E-state index contributed by atoms with van der Waals surface area (Å²) in [6.07, 6.45) is 1.06. The minimum atomic E-state index is -3.73. The van der Waals surface area contributed by atoms with Crippen molar-refractivity contribution in [1.82, 2.24) is 4.90 Å². The third-order valence-electron chi connectivity index (χ3n) is 5.06. The van der Waals surface area contributed by atoms with Crippen LogP contribution in [0.15, 0.2) is 48.5 Å². The van der Waals surface area contributed by atoms with Crippen molar-refractivity contribution in [2.24, 2.45) is 0 Å². The van der Waals surface area contributed by atoms with Crippen molar-refractivity contribution >= 4 is 33.2 Å². The lowest BCUT2D eigenvalue weighted by Crippen LogP contribution is -2.45. The van der Waals surface area contributed by atoms with E-state index in [1.54, 1.807) is 47.4 Å². The summed E-state index contributed by atoms with van der Waals surface area (Å²) in [4.78, 5) is 27.7. The lowest BCUT2D eigenvalue weighted by atomic mass is 10.1. The maximum absolute atomic E-state index is 13.0. The van der Waals surface area contributed by atoms with E-state index in [4.69, 9.17) is 4.74 Å². The van der Waals surface area contributed by atoms with Crippen molar-refractivity contribution in [1.29, 1.82) is 0 Å². The van der Waals surface area contributed by atoms with Gasteiger partial charge in [0.2, 0.25) is 15.9 Å². The third-order valence-corrected chi connectivity index (χ3v) is 6.30. The quantitative estimate of drug-likeness (QED) is 0.736. The summed E-state index contributed by atoms with van der Waals surface area (Å²) in [5.74, 6) is -0.736. The molecule has 1 heterocycles. The van der Waals surface area contributed by atoms with Crippen LogP contribution < -0.4 is 9.62 Å². The van der Waals surface area contributed by atoms with Gasteiger partial charge in [-0.1, -0.05) is 24.3 Å². The summed E-state index contributed by atoms with van der Waals surface area (Å²) in [5.41, 5.74) is 1.97. The number of sulfonamides is 1. The van der Waals surface area contributed by atoms with Crippen LogP contribution in [0.4, 0.5) is 11.4 Å². The molecule has 0 bridgehead atoms. The van der Waals surface area contributed by atoms with Gasteiger partial charge in [0.1, 0.15) is 6.04 Å². The highest BCUT2D eigenvalue weighted by Crippen LogP contribution is 2.24. The van der Waals surface area contributed by atoms with E-state index in [0.29, 0.717) is 43.2 Å². The molecule has 1 atom stereocenters. The Morgan fingerprint density at radius 3 is 2.42 bits per heavy atom. The predicted molar refractivity (Wildman–Crippen MR) is 120 cm³/mol. The van der Waals surface area contributed by atoms with Gasteiger partial charge in [-0.2, -0.15) is 0 Å². The van der Waals surface area contributed by atoms with Crippen molar-refractivity contribution in [2.75, 3.05) is 42.2 Å². The molecule has 1 N–H and O–H groups in total. The van der Waals surface area contributed by atoms with Gasteiger partial charge in [0.25, 0.3) is 5.91 Å². The highest BCUT2D eigenvalue weighted by Gasteiger charge is 2.30. The molecule has 0 unspecified atom stereocenters. The molecular formula is C22H27N3O5S. The maximum Gasteiger partial charge on any atom is 0.256 e. The van der Waals surface area contributed by atoms with E-state index in [0.717, 1.165) is 16.1 Å². The Morgan fingerprint density at radius 1 is 1.10 bits per heavy atom. The van der Waals surface area contributed by atoms with Crippen molar-refractivity contribution < 1.29 is 22.7 Å². The first-order valence-corrected chi connectivity index (χ1v) is 11.9. The van der Waals surface area contributed by atoms with Crippen molar-refractivity contribution in [3.05, 3.63) is 59.7 Å². The number of carbonyl (C=O) groups excluding carboxylic acids is 2. The van der Waals surface area contributed by atoms with Gasteiger partial charge in [-0.25, -0.2) is 8.42 Å². The van der Waals surface area contributed by atoms with E-state index < -0.39 is 22.0 Å². The first-order valence-electron chi connectivity index (χ1n) is 10.0. The number of carbonyl (C=O) groups is 2. The topological polar surface area (TPSA) is 96.0 Å². The molecule has 3 rings (SSSR count). The van der Waals surface area contributed by atoms with Crippen LogP contribution in [-0.4, -0.2) is 63.7 Å². The van der Waals surface area contributed by atoms with Crippen molar-refractivity contribution in [2.45, 2.75) is 19.9 Å². The molecule has 0 saturated carbocycles. The number of anilines is 2.